The number of carbonyl (C=O) groups excluding carboxylic acids is 1. The summed E-state index contributed by atoms with van der Waals surface area (Å²) in [5, 5.41) is 9.69. The van der Waals surface area contributed by atoms with Gasteiger partial charge in [0, 0.05) is 29.2 Å². The molecule has 4 rings (SSSR count). The molecule has 1 atom stereocenters. The molecule has 4 aromatic rings. The number of benzene rings is 2. The average molecular weight is 388 g/mol. The number of aryl methyl sites for hydroxylation is 1. The Morgan fingerprint density at radius 2 is 1.93 bits per heavy atom. The van der Waals surface area contributed by atoms with Gasteiger partial charge >= 0.3 is 0 Å². The van der Waals surface area contributed by atoms with Crippen LogP contribution >= 0.6 is 11.8 Å². The van der Waals surface area contributed by atoms with Gasteiger partial charge in [0.05, 0.1) is 0 Å². The van der Waals surface area contributed by atoms with Gasteiger partial charge in [-0.25, -0.2) is 0 Å². The maximum absolute atomic E-state index is 13.6. The summed E-state index contributed by atoms with van der Waals surface area (Å²) in [5.41, 5.74) is 2.57. The van der Waals surface area contributed by atoms with Crippen LogP contribution in [0.2, 0.25) is 0 Å². The Hall–Kier alpha value is -3.12. The number of thioether (sulfide) groups is 1. The molecular formula is C22H20N4OS. The van der Waals surface area contributed by atoms with Gasteiger partial charge in [-0.2, -0.15) is 0 Å². The number of H-pyrrole nitrogens is 1. The highest BCUT2D eigenvalue weighted by Crippen LogP contribution is 2.38. The van der Waals surface area contributed by atoms with E-state index in [4.69, 9.17) is 0 Å². The molecule has 2 heterocycles. The number of allylic oxidation sites excluding steroid dienone is 1. The predicted octanol–water partition coefficient (Wildman–Crippen LogP) is 4.97. The highest BCUT2D eigenvalue weighted by Gasteiger charge is 2.27. The fraction of sp³-hybridized carbons (Fsp3) is 0.136. The molecule has 0 saturated carbocycles. The van der Waals surface area contributed by atoms with Crippen molar-refractivity contribution in [3.8, 4) is 0 Å². The lowest BCUT2D eigenvalue weighted by Gasteiger charge is -2.16. The number of hydrogen-bond acceptors (Lipinski definition) is 4. The van der Waals surface area contributed by atoms with Crippen LogP contribution in [0.4, 0.5) is 0 Å². The molecule has 0 saturated heterocycles. The molecular weight excluding hydrogens is 368 g/mol. The van der Waals surface area contributed by atoms with E-state index in [-0.39, 0.29) is 5.78 Å². The smallest absolute Gasteiger partial charge is 0.192 e. The number of nitrogens with zero attached hydrogens (tertiary/aromatic N) is 3. The summed E-state index contributed by atoms with van der Waals surface area (Å²) in [4.78, 5) is 16.8. The summed E-state index contributed by atoms with van der Waals surface area (Å²) < 4.78 is 1.97. The first-order valence-electron chi connectivity index (χ1n) is 9.01. The summed E-state index contributed by atoms with van der Waals surface area (Å²) in [5.74, 6) is 0.841. The van der Waals surface area contributed by atoms with Crippen molar-refractivity contribution in [3.05, 3.63) is 90.4 Å². The minimum absolute atomic E-state index is 0.0412. The van der Waals surface area contributed by atoms with Crippen LogP contribution in [0.1, 0.15) is 27.0 Å². The third-order valence-corrected chi connectivity index (χ3v) is 5.87. The zero-order valence-corrected chi connectivity index (χ0v) is 16.3. The SMILES string of the molecule is C=CCn1c(C)nnc1S[C@@H](C(=O)c1c[nH]c2ccccc12)c1ccccc1. The van der Waals surface area contributed by atoms with Gasteiger partial charge in [0.25, 0.3) is 0 Å². The minimum Gasteiger partial charge on any atom is -0.360 e. The molecule has 6 heteroatoms. The third-order valence-electron chi connectivity index (χ3n) is 4.63. The molecule has 2 aromatic carbocycles. The Kier molecular flexibility index (Phi) is 5.12. The number of rotatable bonds is 7. The van der Waals surface area contributed by atoms with Crippen molar-refractivity contribution in [2.24, 2.45) is 0 Å². The van der Waals surface area contributed by atoms with Crippen LogP contribution in [-0.2, 0) is 6.54 Å². The number of nitrogens with one attached hydrogen (secondary N) is 1. The van der Waals surface area contributed by atoms with Crippen LogP contribution in [0.25, 0.3) is 10.9 Å². The van der Waals surface area contributed by atoms with Crippen LogP contribution < -0.4 is 0 Å². The van der Waals surface area contributed by atoms with Gasteiger partial charge in [-0.05, 0) is 18.6 Å². The number of para-hydroxylation sites is 1. The van der Waals surface area contributed by atoms with Crippen LogP contribution in [0, 0.1) is 6.92 Å². The summed E-state index contributed by atoms with van der Waals surface area (Å²) in [7, 11) is 0. The summed E-state index contributed by atoms with van der Waals surface area (Å²) in [6, 6.07) is 17.6. The molecule has 2 aromatic heterocycles. The maximum atomic E-state index is 13.6. The van der Waals surface area contributed by atoms with Crippen LogP contribution in [-0.4, -0.2) is 25.5 Å². The molecule has 0 spiro atoms. The van der Waals surface area contributed by atoms with Gasteiger partial charge < -0.3 is 9.55 Å². The minimum atomic E-state index is -0.424. The van der Waals surface area contributed by atoms with Crippen LogP contribution in [0.5, 0.6) is 0 Å². The van der Waals surface area contributed by atoms with Crippen molar-refractivity contribution in [3.63, 3.8) is 0 Å². The fourth-order valence-electron chi connectivity index (χ4n) is 3.21. The number of aromatic amines is 1. The second-order valence-electron chi connectivity index (χ2n) is 6.45. The second kappa shape index (κ2) is 7.86. The number of ketones is 1. The zero-order chi connectivity index (χ0) is 19.5. The van der Waals surface area contributed by atoms with E-state index < -0.39 is 5.25 Å². The van der Waals surface area contributed by atoms with Crippen molar-refractivity contribution < 1.29 is 4.79 Å². The van der Waals surface area contributed by atoms with E-state index in [0.29, 0.717) is 17.3 Å². The van der Waals surface area contributed by atoms with Crippen molar-refractivity contribution in [2.75, 3.05) is 0 Å². The number of aromatic nitrogens is 4. The third kappa shape index (κ3) is 3.39. The summed E-state index contributed by atoms with van der Waals surface area (Å²) in [6.45, 7) is 6.31. The number of hydrogen-bond donors (Lipinski definition) is 1. The van der Waals surface area contributed by atoms with Crippen LogP contribution in [0.15, 0.2) is 78.6 Å². The Balaban J connectivity index is 1.76. The van der Waals surface area contributed by atoms with Gasteiger partial charge in [-0.3, -0.25) is 4.79 Å². The fourth-order valence-corrected chi connectivity index (χ4v) is 4.37. The Morgan fingerprint density at radius 3 is 2.71 bits per heavy atom. The monoisotopic (exact) mass is 388 g/mol. The molecule has 0 aliphatic carbocycles. The highest BCUT2D eigenvalue weighted by molar-refractivity contribution is 8.00. The van der Waals surface area contributed by atoms with Crippen molar-refractivity contribution in [1.29, 1.82) is 0 Å². The standard InChI is InChI=1S/C22H20N4OS/c1-3-13-26-15(2)24-25-22(26)28-21(16-9-5-4-6-10-16)20(27)18-14-23-19-12-8-7-11-17(18)19/h3-12,14,21,23H,1,13H2,2H3/t21-/m1/s1. The van der Waals surface area contributed by atoms with Crippen molar-refractivity contribution in [1.82, 2.24) is 19.7 Å². The van der Waals surface area contributed by atoms with E-state index in [9.17, 15) is 4.79 Å². The number of Topliss-reactive ketones (excluding diaryl/α,β-unsaturated/α-hetero) is 1. The second-order valence-corrected chi connectivity index (χ2v) is 7.52. The van der Waals surface area contributed by atoms with E-state index in [1.165, 1.54) is 11.8 Å². The van der Waals surface area contributed by atoms with Gasteiger partial charge in [0.1, 0.15) is 11.1 Å². The molecule has 28 heavy (non-hydrogen) atoms. The van der Waals surface area contributed by atoms with E-state index >= 15 is 0 Å². The normalized spacial score (nSPS) is 12.2. The molecule has 1 N–H and O–H groups in total. The predicted molar refractivity (Wildman–Crippen MR) is 113 cm³/mol. The van der Waals surface area contributed by atoms with Crippen LogP contribution in [0.3, 0.4) is 0 Å². The zero-order valence-electron chi connectivity index (χ0n) is 15.5. The lowest BCUT2D eigenvalue weighted by molar-refractivity contribution is 0.0991. The Bertz CT molecular complexity index is 1130. The van der Waals surface area contributed by atoms with Crippen molar-refractivity contribution >= 4 is 28.4 Å². The van der Waals surface area contributed by atoms with Gasteiger partial charge in [0.2, 0.25) is 0 Å². The highest BCUT2D eigenvalue weighted by atomic mass is 32.2. The van der Waals surface area contributed by atoms with E-state index in [1.807, 2.05) is 66.1 Å². The van der Waals surface area contributed by atoms with Gasteiger partial charge in [-0.1, -0.05) is 66.4 Å². The maximum Gasteiger partial charge on any atom is 0.192 e. The van der Waals surface area contributed by atoms with E-state index in [0.717, 1.165) is 22.3 Å². The quantitative estimate of drug-likeness (QED) is 0.276. The first kappa shape index (κ1) is 18.3. The first-order valence-corrected chi connectivity index (χ1v) is 9.89. The molecule has 0 aliphatic rings. The topological polar surface area (TPSA) is 63.6 Å². The largest absolute Gasteiger partial charge is 0.360 e. The van der Waals surface area contributed by atoms with E-state index in [2.05, 4.69) is 21.8 Å². The molecule has 0 radical (unpaired) electrons. The lowest BCUT2D eigenvalue weighted by Crippen LogP contribution is -2.11. The molecule has 0 aliphatic heterocycles. The van der Waals surface area contributed by atoms with E-state index in [1.54, 1.807) is 12.3 Å². The molecule has 140 valence electrons. The Morgan fingerprint density at radius 1 is 1.18 bits per heavy atom. The molecule has 0 fully saturated rings. The van der Waals surface area contributed by atoms with Crippen molar-refractivity contribution in [2.45, 2.75) is 23.9 Å². The summed E-state index contributed by atoms with van der Waals surface area (Å²) >= 11 is 1.42. The molecule has 5 nitrogen and oxygen atoms in total. The molecule has 0 amide bonds. The molecule has 0 bridgehead atoms. The molecule has 0 unspecified atom stereocenters. The number of carbonyl (C=O) groups is 1. The van der Waals surface area contributed by atoms with Gasteiger partial charge in [0.15, 0.2) is 10.9 Å². The number of fused-ring (bicyclic) bond motifs is 1. The van der Waals surface area contributed by atoms with Gasteiger partial charge in [-0.15, -0.1) is 16.8 Å². The first-order chi connectivity index (χ1) is 13.7. The Labute approximate surface area is 167 Å². The summed E-state index contributed by atoms with van der Waals surface area (Å²) in [6.07, 6.45) is 3.60. The average Bonchev–Trinajstić information content (AvgIpc) is 3.31. The lowest BCUT2D eigenvalue weighted by atomic mass is 10.0.